The highest BCUT2D eigenvalue weighted by Crippen LogP contribution is 2.49. The molecular formula is C26H25NO3. The van der Waals surface area contributed by atoms with Crippen molar-refractivity contribution in [2.24, 2.45) is 0 Å². The third-order valence-corrected chi connectivity index (χ3v) is 5.62. The van der Waals surface area contributed by atoms with Gasteiger partial charge in [-0.15, -0.1) is 0 Å². The first-order chi connectivity index (χ1) is 14.7. The average molecular weight is 399 g/mol. The van der Waals surface area contributed by atoms with Crippen LogP contribution < -0.4 is 5.32 Å². The maximum atomic E-state index is 12.7. The van der Waals surface area contributed by atoms with Crippen LogP contribution in [0.2, 0.25) is 0 Å². The zero-order chi connectivity index (χ0) is 20.8. The molecular weight excluding hydrogens is 374 g/mol. The number of carbonyl (C=O) groups is 2. The normalized spacial score (nSPS) is 15.1. The predicted molar refractivity (Wildman–Crippen MR) is 116 cm³/mol. The fourth-order valence-corrected chi connectivity index (χ4v) is 3.79. The van der Waals surface area contributed by atoms with Crippen LogP contribution in [-0.2, 0) is 26.2 Å². The van der Waals surface area contributed by atoms with E-state index in [1.807, 2.05) is 91.0 Å². The maximum absolute atomic E-state index is 12.7. The van der Waals surface area contributed by atoms with Gasteiger partial charge in [-0.05, 0) is 36.0 Å². The molecule has 1 N–H and O–H groups in total. The second-order valence-electron chi connectivity index (χ2n) is 7.74. The molecule has 1 saturated carbocycles. The lowest BCUT2D eigenvalue weighted by Crippen LogP contribution is -2.35. The number of nitrogens with one attached hydrogen (secondary N) is 1. The summed E-state index contributed by atoms with van der Waals surface area (Å²) in [5, 5.41) is 3.03. The first-order valence-electron chi connectivity index (χ1n) is 10.3. The minimum Gasteiger partial charge on any atom is -0.455 e. The molecule has 0 unspecified atom stereocenters. The lowest BCUT2D eigenvalue weighted by Gasteiger charge is -2.20. The summed E-state index contributed by atoms with van der Waals surface area (Å²) < 4.78 is 5.42. The van der Waals surface area contributed by atoms with Crippen molar-refractivity contribution in [1.82, 2.24) is 5.32 Å². The van der Waals surface area contributed by atoms with E-state index < -0.39 is 5.41 Å². The molecule has 4 rings (SSSR count). The van der Waals surface area contributed by atoms with E-state index in [4.69, 9.17) is 4.74 Å². The standard InChI is InChI=1S/C26H25NO3/c28-24(19-30-25(29)26(16-17-26)22-14-8-3-9-15-22)27-23(21-12-6-2-7-13-21)18-20-10-4-1-5-11-20/h1-15,23H,16-19H2,(H,27,28)/t23-/m0/s1. The molecule has 1 aliphatic carbocycles. The highest BCUT2D eigenvalue weighted by atomic mass is 16.5. The van der Waals surface area contributed by atoms with Gasteiger partial charge in [-0.25, -0.2) is 0 Å². The molecule has 0 aromatic heterocycles. The Kier molecular flexibility index (Phi) is 5.94. The van der Waals surface area contributed by atoms with Crippen LogP contribution in [0.15, 0.2) is 91.0 Å². The summed E-state index contributed by atoms with van der Waals surface area (Å²) >= 11 is 0. The van der Waals surface area contributed by atoms with Crippen molar-refractivity contribution in [3.8, 4) is 0 Å². The monoisotopic (exact) mass is 399 g/mol. The van der Waals surface area contributed by atoms with Crippen molar-refractivity contribution in [2.45, 2.75) is 30.7 Å². The van der Waals surface area contributed by atoms with Crippen molar-refractivity contribution >= 4 is 11.9 Å². The Labute approximate surface area is 176 Å². The minimum absolute atomic E-state index is 0.191. The summed E-state index contributed by atoms with van der Waals surface area (Å²) in [5.74, 6) is -0.611. The highest BCUT2D eigenvalue weighted by molar-refractivity contribution is 5.89. The molecule has 0 aliphatic heterocycles. The number of amides is 1. The Morgan fingerprint density at radius 3 is 2.00 bits per heavy atom. The van der Waals surface area contributed by atoms with Gasteiger partial charge in [-0.3, -0.25) is 9.59 Å². The zero-order valence-corrected chi connectivity index (χ0v) is 16.8. The third kappa shape index (κ3) is 4.60. The zero-order valence-electron chi connectivity index (χ0n) is 16.8. The lowest BCUT2D eigenvalue weighted by molar-refractivity contribution is -0.151. The van der Waals surface area contributed by atoms with Crippen LogP contribution in [0, 0.1) is 0 Å². The van der Waals surface area contributed by atoms with E-state index in [0.717, 1.165) is 29.5 Å². The van der Waals surface area contributed by atoms with Gasteiger partial charge in [-0.1, -0.05) is 91.0 Å². The summed E-state index contributed by atoms with van der Waals surface area (Å²) in [6.07, 6.45) is 2.19. The second-order valence-corrected chi connectivity index (χ2v) is 7.74. The number of hydrogen-bond donors (Lipinski definition) is 1. The molecule has 1 atom stereocenters. The Bertz CT molecular complexity index is 983. The van der Waals surface area contributed by atoms with Crippen molar-refractivity contribution in [3.05, 3.63) is 108 Å². The first-order valence-corrected chi connectivity index (χ1v) is 10.3. The predicted octanol–water partition coefficient (Wildman–Crippen LogP) is 4.36. The fourth-order valence-electron chi connectivity index (χ4n) is 3.79. The molecule has 1 fully saturated rings. The van der Waals surface area contributed by atoms with Crippen LogP contribution in [0.1, 0.15) is 35.6 Å². The second kappa shape index (κ2) is 8.95. The van der Waals surface area contributed by atoms with Crippen molar-refractivity contribution in [2.75, 3.05) is 6.61 Å². The van der Waals surface area contributed by atoms with Gasteiger partial charge in [0, 0.05) is 0 Å². The SMILES string of the molecule is O=C(COC(=O)C1(c2ccccc2)CC1)N[C@@H](Cc1ccccc1)c1ccccc1. The molecule has 3 aromatic carbocycles. The van der Waals surface area contributed by atoms with Crippen LogP contribution in [0.3, 0.4) is 0 Å². The topological polar surface area (TPSA) is 55.4 Å². The largest absolute Gasteiger partial charge is 0.455 e. The summed E-state index contributed by atoms with van der Waals surface area (Å²) in [4.78, 5) is 25.3. The van der Waals surface area contributed by atoms with Crippen molar-refractivity contribution in [3.63, 3.8) is 0 Å². The average Bonchev–Trinajstić information content (AvgIpc) is 3.61. The molecule has 3 aromatic rings. The Morgan fingerprint density at radius 2 is 1.40 bits per heavy atom. The Hall–Kier alpha value is -3.40. The molecule has 4 heteroatoms. The van der Waals surface area contributed by atoms with Gasteiger partial charge in [0.25, 0.3) is 5.91 Å². The smallest absolute Gasteiger partial charge is 0.317 e. The van der Waals surface area contributed by atoms with E-state index in [-0.39, 0.29) is 24.5 Å². The van der Waals surface area contributed by atoms with E-state index in [1.165, 1.54) is 0 Å². The molecule has 0 radical (unpaired) electrons. The molecule has 4 nitrogen and oxygen atoms in total. The van der Waals surface area contributed by atoms with Gasteiger partial charge in [0.2, 0.25) is 0 Å². The van der Waals surface area contributed by atoms with Crippen LogP contribution >= 0.6 is 0 Å². The van der Waals surface area contributed by atoms with Gasteiger partial charge in [-0.2, -0.15) is 0 Å². The number of benzene rings is 3. The number of carbonyl (C=O) groups excluding carboxylic acids is 2. The van der Waals surface area contributed by atoms with Crippen LogP contribution in [0.5, 0.6) is 0 Å². The number of ether oxygens (including phenoxy) is 1. The van der Waals surface area contributed by atoms with Crippen LogP contribution in [0.25, 0.3) is 0 Å². The Balaban J connectivity index is 1.39. The molecule has 0 bridgehead atoms. The van der Waals surface area contributed by atoms with Gasteiger partial charge >= 0.3 is 5.97 Å². The van der Waals surface area contributed by atoms with Crippen LogP contribution in [-0.4, -0.2) is 18.5 Å². The Morgan fingerprint density at radius 1 is 0.833 bits per heavy atom. The molecule has 0 saturated heterocycles. The van der Waals surface area contributed by atoms with E-state index >= 15 is 0 Å². The molecule has 1 aliphatic rings. The van der Waals surface area contributed by atoms with Crippen LogP contribution in [0.4, 0.5) is 0 Å². The van der Waals surface area contributed by atoms with E-state index in [0.29, 0.717) is 6.42 Å². The minimum atomic E-state index is -0.579. The van der Waals surface area contributed by atoms with Gasteiger partial charge < -0.3 is 10.1 Å². The van der Waals surface area contributed by atoms with Gasteiger partial charge in [0.1, 0.15) is 0 Å². The van der Waals surface area contributed by atoms with Gasteiger partial charge in [0.15, 0.2) is 6.61 Å². The fraction of sp³-hybridized carbons (Fsp3) is 0.231. The molecule has 152 valence electrons. The van der Waals surface area contributed by atoms with Crippen molar-refractivity contribution < 1.29 is 14.3 Å². The van der Waals surface area contributed by atoms with E-state index in [1.54, 1.807) is 0 Å². The van der Waals surface area contributed by atoms with E-state index in [9.17, 15) is 9.59 Å². The molecule has 0 spiro atoms. The molecule has 0 heterocycles. The summed E-state index contributed by atoms with van der Waals surface area (Å²) in [7, 11) is 0. The van der Waals surface area contributed by atoms with Crippen molar-refractivity contribution in [1.29, 1.82) is 0 Å². The first kappa shape index (κ1) is 19.9. The molecule has 1 amide bonds. The highest BCUT2D eigenvalue weighted by Gasteiger charge is 2.52. The van der Waals surface area contributed by atoms with Gasteiger partial charge in [0.05, 0.1) is 11.5 Å². The third-order valence-electron chi connectivity index (χ3n) is 5.62. The van der Waals surface area contributed by atoms with E-state index in [2.05, 4.69) is 5.32 Å². The summed E-state index contributed by atoms with van der Waals surface area (Å²) in [6, 6.07) is 29.3. The quantitative estimate of drug-likeness (QED) is 0.573. The number of hydrogen-bond acceptors (Lipinski definition) is 3. The summed E-state index contributed by atoms with van der Waals surface area (Å²) in [5.41, 5.74) is 2.53. The number of rotatable bonds is 8. The molecule has 30 heavy (non-hydrogen) atoms. The maximum Gasteiger partial charge on any atom is 0.317 e. The lowest BCUT2D eigenvalue weighted by atomic mass is 9.96. The summed E-state index contributed by atoms with van der Waals surface area (Å²) in [6.45, 7) is -0.272. The number of esters is 1.